The van der Waals surface area contributed by atoms with Gasteiger partial charge in [-0.2, -0.15) is 0 Å². The molecule has 1 nitrogen and oxygen atoms in total. The van der Waals surface area contributed by atoms with E-state index in [1.807, 2.05) is 0 Å². The maximum absolute atomic E-state index is 13.8. The van der Waals surface area contributed by atoms with Crippen molar-refractivity contribution in [1.82, 2.24) is 5.32 Å². The number of hydrogen-bond acceptors (Lipinski definition) is 1. The van der Waals surface area contributed by atoms with E-state index in [4.69, 9.17) is 0 Å². The molecule has 0 bridgehead atoms. The molecule has 2 rings (SSSR count). The molecule has 19 heavy (non-hydrogen) atoms. The van der Waals surface area contributed by atoms with Crippen molar-refractivity contribution < 1.29 is 8.78 Å². The van der Waals surface area contributed by atoms with Crippen molar-refractivity contribution in [3.05, 3.63) is 35.4 Å². The molecule has 1 aromatic carbocycles. The first-order valence-corrected chi connectivity index (χ1v) is 7.38. The largest absolute Gasteiger partial charge is 0.314 e. The van der Waals surface area contributed by atoms with E-state index < -0.39 is 11.6 Å². The number of halogens is 2. The van der Waals surface area contributed by atoms with Crippen LogP contribution >= 0.6 is 0 Å². The first kappa shape index (κ1) is 14.4. The molecule has 1 aromatic rings. The minimum Gasteiger partial charge on any atom is -0.314 e. The monoisotopic (exact) mass is 267 g/mol. The molecule has 2 atom stereocenters. The van der Waals surface area contributed by atoms with Crippen LogP contribution in [0.5, 0.6) is 0 Å². The summed E-state index contributed by atoms with van der Waals surface area (Å²) in [5.41, 5.74) is 0.523. The summed E-state index contributed by atoms with van der Waals surface area (Å²) in [6.45, 7) is 3.04. The van der Waals surface area contributed by atoms with Crippen LogP contribution in [-0.4, -0.2) is 12.6 Å². The Morgan fingerprint density at radius 2 is 1.95 bits per heavy atom. The lowest BCUT2D eigenvalue weighted by molar-refractivity contribution is 0.332. The molecular formula is C16H23F2N. The average molecular weight is 267 g/mol. The Labute approximate surface area is 114 Å². The van der Waals surface area contributed by atoms with E-state index in [1.54, 1.807) is 12.1 Å². The summed E-state index contributed by atoms with van der Waals surface area (Å²) in [6.07, 6.45) is 6.58. The van der Waals surface area contributed by atoms with Crippen LogP contribution in [0.1, 0.15) is 44.6 Å². The van der Waals surface area contributed by atoms with Crippen molar-refractivity contribution in [2.45, 2.75) is 51.5 Å². The fourth-order valence-corrected chi connectivity index (χ4v) is 3.15. The second kappa shape index (κ2) is 6.99. The van der Waals surface area contributed by atoms with Crippen LogP contribution in [0.4, 0.5) is 8.78 Å². The lowest BCUT2D eigenvalue weighted by atomic mass is 9.88. The van der Waals surface area contributed by atoms with Crippen molar-refractivity contribution in [2.24, 2.45) is 5.92 Å². The summed E-state index contributed by atoms with van der Waals surface area (Å²) in [4.78, 5) is 0. The molecule has 0 heterocycles. The number of hydrogen-bond donors (Lipinski definition) is 1. The first-order chi connectivity index (χ1) is 9.22. The SMILES string of the molecule is CCNC1CCCCCC1Cc1cccc(F)c1F. The molecular weight excluding hydrogens is 244 g/mol. The second-order valence-electron chi connectivity index (χ2n) is 5.48. The van der Waals surface area contributed by atoms with Gasteiger partial charge < -0.3 is 5.32 Å². The Morgan fingerprint density at radius 3 is 2.74 bits per heavy atom. The molecule has 1 fully saturated rings. The van der Waals surface area contributed by atoms with Gasteiger partial charge in [0.1, 0.15) is 0 Å². The van der Waals surface area contributed by atoms with E-state index in [0.717, 1.165) is 19.4 Å². The summed E-state index contributed by atoms with van der Waals surface area (Å²) < 4.78 is 27.0. The van der Waals surface area contributed by atoms with Gasteiger partial charge in [-0.1, -0.05) is 38.3 Å². The van der Waals surface area contributed by atoms with Crippen LogP contribution in [0.15, 0.2) is 18.2 Å². The zero-order valence-electron chi connectivity index (χ0n) is 11.6. The Hall–Kier alpha value is -0.960. The molecule has 0 radical (unpaired) electrons. The van der Waals surface area contributed by atoms with E-state index in [2.05, 4.69) is 12.2 Å². The van der Waals surface area contributed by atoms with Gasteiger partial charge in [0.2, 0.25) is 0 Å². The molecule has 0 aromatic heterocycles. The van der Waals surface area contributed by atoms with Crippen molar-refractivity contribution in [3.8, 4) is 0 Å². The highest BCUT2D eigenvalue weighted by Crippen LogP contribution is 2.27. The predicted molar refractivity (Wildman–Crippen MR) is 74.1 cm³/mol. The molecule has 2 unspecified atom stereocenters. The quantitative estimate of drug-likeness (QED) is 0.811. The highest BCUT2D eigenvalue weighted by atomic mass is 19.2. The minimum atomic E-state index is -0.730. The third-order valence-electron chi connectivity index (χ3n) is 4.14. The van der Waals surface area contributed by atoms with Crippen molar-refractivity contribution >= 4 is 0 Å². The molecule has 1 aliphatic rings. The summed E-state index contributed by atoms with van der Waals surface area (Å²) >= 11 is 0. The van der Waals surface area contributed by atoms with Gasteiger partial charge in [-0.15, -0.1) is 0 Å². The number of nitrogens with one attached hydrogen (secondary N) is 1. The minimum absolute atomic E-state index is 0.416. The Bertz CT molecular complexity index is 406. The molecule has 1 N–H and O–H groups in total. The third kappa shape index (κ3) is 3.75. The third-order valence-corrected chi connectivity index (χ3v) is 4.14. The van der Waals surface area contributed by atoms with E-state index in [1.165, 1.54) is 25.3 Å². The fraction of sp³-hybridized carbons (Fsp3) is 0.625. The molecule has 3 heteroatoms. The van der Waals surface area contributed by atoms with Gasteiger partial charge in [-0.25, -0.2) is 8.78 Å². The standard InChI is InChI=1S/C16H23F2N/c1-2-19-15-10-5-3-4-7-12(15)11-13-8-6-9-14(17)16(13)18/h6,8-9,12,15,19H,2-5,7,10-11H2,1H3. The fourth-order valence-electron chi connectivity index (χ4n) is 3.15. The lowest BCUT2D eigenvalue weighted by Gasteiger charge is -2.26. The molecule has 0 spiro atoms. The van der Waals surface area contributed by atoms with Crippen LogP contribution in [0.25, 0.3) is 0 Å². The van der Waals surface area contributed by atoms with Gasteiger partial charge in [0, 0.05) is 6.04 Å². The summed E-state index contributed by atoms with van der Waals surface area (Å²) in [7, 11) is 0. The maximum atomic E-state index is 13.8. The van der Waals surface area contributed by atoms with Gasteiger partial charge in [0.05, 0.1) is 0 Å². The number of benzene rings is 1. The van der Waals surface area contributed by atoms with Crippen molar-refractivity contribution in [1.29, 1.82) is 0 Å². The van der Waals surface area contributed by atoms with Gasteiger partial charge in [-0.3, -0.25) is 0 Å². The topological polar surface area (TPSA) is 12.0 Å². The molecule has 0 aliphatic heterocycles. The Kier molecular flexibility index (Phi) is 5.32. The molecule has 106 valence electrons. The Morgan fingerprint density at radius 1 is 1.16 bits per heavy atom. The van der Waals surface area contributed by atoms with E-state index >= 15 is 0 Å². The first-order valence-electron chi connectivity index (χ1n) is 7.38. The molecule has 1 saturated carbocycles. The molecule has 1 aliphatic carbocycles. The zero-order valence-corrected chi connectivity index (χ0v) is 11.6. The van der Waals surface area contributed by atoms with Gasteiger partial charge in [0.15, 0.2) is 11.6 Å². The summed E-state index contributed by atoms with van der Waals surface area (Å²) in [5.74, 6) is -0.980. The van der Waals surface area contributed by atoms with Crippen LogP contribution in [-0.2, 0) is 6.42 Å². The maximum Gasteiger partial charge on any atom is 0.162 e. The number of rotatable bonds is 4. The van der Waals surface area contributed by atoms with Gasteiger partial charge in [-0.05, 0) is 43.4 Å². The van der Waals surface area contributed by atoms with Crippen LogP contribution < -0.4 is 5.32 Å². The summed E-state index contributed by atoms with van der Waals surface area (Å²) in [6, 6.07) is 4.95. The Balaban J connectivity index is 2.11. The zero-order chi connectivity index (χ0) is 13.7. The van der Waals surface area contributed by atoms with Crippen LogP contribution in [0, 0.1) is 17.6 Å². The summed E-state index contributed by atoms with van der Waals surface area (Å²) in [5, 5.41) is 3.51. The highest BCUT2D eigenvalue weighted by Gasteiger charge is 2.24. The van der Waals surface area contributed by atoms with Crippen LogP contribution in [0.2, 0.25) is 0 Å². The molecule has 0 saturated heterocycles. The van der Waals surface area contributed by atoms with Crippen molar-refractivity contribution in [2.75, 3.05) is 6.54 Å². The predicted octanol–water partition coefficient (Wildman–Crippen LogP) is 4.07. The highest BCUT2D eigenvalue weighted by molar-refractivity contribution is 5.19. The van der Waals surface area contributed by atoms with Crippen LogP contribution in [0.3, 0.4) is 0 Å². The van der Waals surface area contributed by atoms with E-state index in [0.29, 0.717) is 23.9 Å². The van der Waals surface area contributed by atoms with E-state index in [9.17, 15) is 8.78 Å². The normalized spacial score (nSPS) is 24.2. The average Bonchev–Trinajstić information content (AvgIpc) is 2.62. The smallest absolute Gasteiger partial charge is 0.162 e. The van der Waals surface area contributed by atoms with Crippen molar-refractivity contribution in [3.63, 3.8) is 0 Å². The molecule has 0 amide bonds. The van der Waals surface area contributed by atoms with Gasteiger partial charge >= 0.3 is 0 Å². The lowest BCUT2D eigenvalue weighted by Crippen LogP contribution is -2.36. The second-order valence-corrected chi connectivity index (χ2v) is 5.48. The van der Waals surface area contributed by atoms with Gasteiger partial charge in [0.25, 0.3) is 0 Å². The van der Waals surface area contributed by atoms with E-state index in [-0.39, 0.29) is 0 Å².